The molecule has 0 N–H and O–H groups in total. The lowest BCUT2D eigenvalue weighted by atomic mass is 9.95. The fraction of sp³-hybridized carbons (Fsp3) is 0.143. The summed E-state index contributed by atoms with van der Waals surface area (Å²) >= 11 is 3.55. The van der Waals surface area contributed by atoms with Crippen molar-refractivity contribution in [3.63, 3.8) is 0 Å². The Balaban J connectivity index is 1.47. The van der Waals surface area contributed by atoms with Gasteiger partial charge in [-0.05, 0) is 61.4 Å². The molecule has 4 aromatic rings. The molecule has 6 heteroatoms. The molecule has 2 aliphatic heterocycles. The van der Waals surface area contributed by atoms with Crippen LogP contribution in [0.25, 0.3) is 31.3 Å². The molecule has 0 unspecified atom stereocenters. The van der Waals surface area contributed by atoms with Crippen LogP contribution in [0.4, 0.5) is 11.4 Å². The van der Waals surface area contributed by atoms with Crippen molar-refractivity contribution < 1.29 is 9.59 Å². The minimum absolute atomic E-state index is 0.136. The zero-order valence-electron chi connectivity index (χ0n) is 19.3. The van der Waals surface area contributed by atoms with Crippen LogP contribution in [0.3, 0.4) is 0 Å². The first-order chi connectivity index (χ1) is 16.3. The number of fused-ring (bicyclic) bond motifs is 2. The number of rotatable bonds is 2. The lowest BCUT2D eigenvalue weighted by Gasteiger charge is -2.10. The van der Waals surface area contributed by atoms with Gasteiger partial charge < -0.3 is 9.80 Å². The summed E-state index contributed by atoms with van der Waals surface area (Å²) in [6, 6.07) is 20.7. The number of hydrogen-bond acceptors (Lipinski definition) is 4. The number of likely N-dealkylation sites (N-methyl/N-ethyl adjacent to an activating group) is 2. The van der Waals surface area contributed by atoms with Gasteiger partial charge in [0.25, 0.3) is 11.8 Å². The van der Waals surface area contributed by atoms with Gasteiger partial charge in [-0.15, -0.1) is 22.7 Å². The minimum Gasteiger partial charge on any atom is -0.311 e. The van der Waals surface area contributed by atoms with Gasteiger partial charge in [0.2, 0.25) is 0 Å². The van der Waals surface area contributed by atoms with E-state index < -0.39 is 0 Å². The maximum Gasteiger partial charge on any atom is 0.259 e. The van der Waals surface area contributed by atoms with E-state index in [9.17, 15) is 9.59 Å². The molecule has 4 nitrogen and oxygen atoms in total. The summed E-state index contributed by atoms with van der Waals surface area (Å²) in [4.78, 5) is 34.9. The van der Waals surface area contributed by atoms with Crippen molar-refractivity contribution in [2.24, 2.45) is 0 Å². The Labute approximate surface area is 206 Å². The number of benzene rings is 2. The van der Waals surface area contributed by atoms with Gasteiger partial charge in [-0.1, -0.05) is 24.3 Å². The molecule has 168 valence electrons. The second-order valence-electron chi connectivity index (χ2n) is 8.81. The maximum atomic E-state index is 13.4. The van der Waals surface area contributed by atoms with E-state index in [1.807, 2.05) is 31.2 Å². The number of thiophene rings is 2. The van der Waals surface area contributed by atoms with Crippen LogP contribution in [0.2, 0.25) is 0 Å². The number of carbonyl (C=O) groups is 2. The van der Waals surface area contributed by atoms with Crippen LogP contribution in [0, 0.1) is 13.8 Å². The van der Waals surface area contributed by atoms with Crippen molar-refractivity contribution >= 4 is 57.0 Å². The van der Waals surface area contributed by atoms with Crippen molar-refractivity contribution in [3.8, 4) is 20.2 Å². The lowest BCUT2D eigenvalue weighted by Crippen LogP contribution is -2.24. The fourth-order valence-electron chi connectivity index (χ4n) is 4.76. The number of nitrogens with zero attached hydrogens (tertiary/aromatic N) is 2. The fourth-order valence-corrected chi connectivity index (χ4v) is 6.72. The maximum absolute atomic E-state index is 13.4. The highest BCUT2D eigenvalue weighted by Gasteiger charge is 2.40. The first-order valence-corrected chi connectivity index (χ1v) is 12.7. The second kappa shape index (κ2) is 7.52. The molecule has 0 bridgehead atoms. The molecule has 0 aliphatic carbocycles. The van der Waals surface area contributed by atoms with Crippen molar-refractivity contribution in [2.45, 2.75) is 13.8 Å². The number of anilines is 2. The van der Waals surface area contributed by atoms with Crippen molar-refractivity contribution in [3.05, 3.63) is 82.2 Å². The quantitative estimate of drug-likeness (QED) is 0.301. The van der Waals surface area contributed by atoms with Gasteiger partial charge in [0.1, 0.15) is 0 Å². The Morgan fingerprint density at radius 1 is 0.618 bits per heavy atom. The standard InChI is InChI=1S/C28H22N2O2S2/c1-15-5-8-18-20(13-15)29(3)27(31)25(18)26-19-9-7-17(14-21(19)30(4)28(26)32)22-11-12-24(34-22)23-10-6-16(2)33-23/h5-14H,1-4H3/b26-25+. The SMILES string of the molecule is Cc1ccc2c(c1)N(C)C(=O)/C2=C1/C(=O)N(C)c2cc(-c3ccc(-c4ccc(C)s4)s3)ccc21. The summed E-state index contributed by atoms with van der Waals surface area (Å²) in [5.41, 5.74) is 6.45. The van der Waals surface area contributed by atoms with Crippen LogP contribution in [0.15, 0.2) is 60.7 Å². The molecule has 6 rings (SSSR count). The highest BCUT2D eigenvalue weighted by molar-refractivity contribution is 7.23. The third-order valence-electron chi connectivity index (χ3n) is 6.57. The van der Waals surface area contributed by atoms with Crippen LogP contribution in [0.1, 0.15) is 21.6 Å². The lowest BCUT2D eigenvalue weighted by molar-refractivity contribution is -0.114. The van der Waals surface area contributed by atoms with E-state index in [1.165, 1.54) is 14.6 Å². The van der Waals surface area contributed by atoms with E-state index in [0.717, 1.165) is 38.5 Å². The topological polar surface area (TPSA) is 40.6 Å². The Morgan fingerprint density at radius 3 is 1.82 bits per heavy atom. The van der Waals surface area contributed by atoms with Gasteiger partial charge >= 0.3 is 0 Å². The van der Waals surface area contributed by atoms with Gasteiger partial charge in [-0.3, -0.25) is 9.59 Å². The molecular weight excluding hydrogens is 460 g/mol. The van der Waals surface area contributed by atoms with Crippen LogP contribution in [0.5, 0.6) is 0 Å². The van der Waals surface area contributed by atoms with Gasteiger partial charge in [-0.25, -0.2) is 0 Å². The van der Waals surface area contributed by atoms with E-state index in [2.05, 4.69) is 43.3 Å². The first kappa shape index (κ1) is 21.1. The molecule has 4 heterocycles. The predicted octanol–water partition coefficient (Wildman–Crippen LogP) is 6.62. The molecule has 34 heavy (non-hydrogen) atoms. The van der Waals surface area contributed by atoms with Crippen molar-refractivity contribution in [1.29, 1.82) is 0 Å². The molecule has 2 aromatic heterocycles. The zero-order valence-corrected chi connectivity index (χ0v) is 20.9. The smallest absolute Gasteiger partial charge is 0.259 e. The van der Waals surface area contributed by atoms with E-state index >= 15 is 0 Å². The van der Waals surface area contributed by atoms with Gasteiger partial charge in [0.15, 0.2) is 0 Å². The average Bonchev–Trinajstić information content (AvgIpc) is 3.58. The number of aryl methyl sites for hydroxylation is 2. The Morgan fingerprint density at radius 2 is 1.18 bits per heavy atom. The highest BCUT2D eigenvalue weighted by Crippen LogP contribution is 2.47. The third kappa shape index (κ3) is 3.02. The largest absolute Gasteiger partial charge is 0.311 e. The van der Waals surface area contributed by atoms with Crippen LogP contribution in [-0.2, 0) is 9.59 Å². The summed E-state index contributed by atoms with van der Waals surface area (Å²) in [7, 11) is 3.55. The summed E-state index contributed by atoms with van der Waals surface area (Å²) in [6.45, 7) is 4.12. The Hall–Kier alpha value is -3.48. The molecule has 0 saturated carbocycles. The van der Waals surface area contributed by atoms with Gasteiger partial charge in [0.05, 0.1) is 22.5 Å². The second-order valence-corrected chi connectivity index (χ2v) is 11.2. The predicted molar refractivity (Wildman–Crippen MR) is 143 cm³/mol. The van der Waals surface area contributed by atoms with E-state index in [1.54, 1.807) is 46.6 Å². The molecule has 2 aliphatic rings. The van der Waals surface area contributed by atoms with Crippen molar-refractivity contribution in [1.82, 2.24) is 0 Å². The molecule has 0 radical (unpaired) electrons. The van der Waals surface area contributed by atoms with Crippen LogP contribution in [-0.4, -0.2) is 25.9 Å². The monoisotopic (exact) mass is 482 g/mol. The molecule has 0 fully saturated rings. The summed E-state index contributed by atoms with van der Waals surface area (Å²) in [6.07, 6.45) is 0. The normalized spacial score (nSPS) is 17.1. The number of hydrogen-bond donors (Lipinski definition) is 0. The number of carbonyl (C=O) groups excluding carboxylic acids is 2. The highest BCUT2D eigenvalue weighted by atomic mass is 32.1. The van der Waals surface area contributed by atoms with Crippen LogP contribution >= 0.6 is 22.7 Å². The van der Waals surface area contributed by atoms with Gasteiger partial charge in [0, 0.05) is 44.7 Å². The molecule has 2 amide bonds. The van der Waals surface area contributed by atoms with E-state index in [0.29, 0.717) is 11.1 Å². The summed E-state index contributed by atoms with van der Waals surface area (Å²) < 4.78 is 0. The molecule has 0 saturated heterocycles. The Kier molecular flexibility index (Phi) is 4.66. The molecule has 0 atom stereocenters. The van der Waals surface area contributed by atoms with Crippen LogP contribution < -0.4 is 9.80 Å². The minimum atomic E-state index is -0.141. The molecule has 0 spiro atoms. The zero-order chi connectivity index (χ0) is 23.7. The molecule has 2 aromatic carbocycles. The number of amides is 2. The first-order valence-electron chi connectivity index (χ1n) is 11.1. The summed E-state index contributed by atoms with van der Waals surface area (Å²) in [5.74, 6) is -0.276. The van der Waals surface area contributed by atoms with Gasteiger partial charge in [-0.2, -0.15) is 0 Å². The van der Waals surface area contributed by atoms with Crippen molar-refractivity contribution in [2.75, 3.05) is 23.9 Å². The average molecular weight is 483 g/mol. The Bertz CT molecular complexity index is 1560. The third-order valence-corrected chi connectivity index (χ3v) is 8.90. The van der Waals surface area contributed by atoms with E-state index in [4.69, 9.17) is 0 Å². The molecular formula is C28H22N2O2S2. The van der Waals surface area contributed by atoms with E-state index in [-0.39, 0.29) is 11.8 Å². The summed E-state index contributed by atoms with van der Waals surface area (Å²) in [5, 5.41) is 0.